The average molecular weight is 465 g/mol. The number of anilines is 1. The van der Waals surface area contributed by atoms with Crippen molar-refractivity contribution in [2.24, 2.45) is 5.92 Å². The Morgan fingerprint density at radius 3 is 2.59 bits per heavy atom. The lowest BCUT2D eigenvalue weighted by molar-refractivity contribution is -0.384. The fourth-order valence-electron chi connectivity index (χ4n) is 4.07. The summed E-state index contributed by atoms with van der Waals surface area (Å²) in [6.45, 7) is 6.54. The van der Waals surface area contributed by atoms with Crippen LogP contribution in [-0.2, 0) is 11.2 Å². The van der Waals surface area contributed by atoms with Gasteiger partial charge in [-0.25, -0.2) is 0 Å². The summed E-state index contributed by atoms with van der Waals surface area (Å²) in [4.78, 5) is 27.0. The molecule has 0 spiro atoms. The molecule has 1 saturated heterocycles. The molecule has 1 aromatic heterocycles. The number of aromatic nitrogens is 2. The van der Waals surface area contributed by atoms with Crippen LogP contribution in [0, 0.1) is 16.0 Å². The Labute approximate surface area is 197 Å². The number of benzene rings is 2. The lowest BCUT2D eigenvalue weighted by Gasteiger charge is -2.29. The summed E-state index contributed by atoms with van der Waals surface area (Å²) >= 11 is 0. The Bertz CT molecular complexity index is 1250. The van der Waals surface area contributed by atoms with E-state index < -0.39 is 4.92 Å². The van der Waals surface area contributed by atoms with Crippen molar-refractivity contribution in [1.82, 2.24) is 9.78 Å². The zero-order valence-electron chi connectivity index (χ0n) is 19.6. The van der Waals surface area contributed by atoms with Crippen molar-refractivity contribution in [3.8, 4) is 22.7 Å². The van der Waals surface area contributed by atoms with Crippen molar-refractivity contribution in [2.45, 2.75) is 20.3 Å². The highest BCUT2D eigenvalue weighted by Crippen LogP contribution is 2.29. The van der Waals surface area contributed by atoms with Crippen LogP contribution >= 0.6 is 0 Å². The number of methoxy groups -OCH3 is 1. The first-order valence-electron chi connectivity index (χ1n) is 11.3. The SMILES string of the molecule is COc1cccc(-c2cc(CC(C)C)c(=O)n(-c3cc(N4CCOCC4)ccc3[N+](=O)[O-])n2)c1. The van der Waals surface area contributed by atoms with Crippen LogP contribution in [0.5, 0.6) is 5.75 Å². The Balaban J connectivity index is 1.93. The van der Waals surface area contributed by atoms with Gasteiger partial charge in [-0.1, -0.05) is 26.0 Å². The summed E-state index contributed by atoms with van der Waals surface area (Å²) in [5.74, 6) is 0.874. The minimum Gasteiger partial charge on any atom is -0.497 e. The van der Waals surface area contributed by atoms with E-state index in [9.17, 15) is 14.9 Å². The van der Waals surface area contributed by atoms with Crippen LogP contribution in [0.25, 0.3) is 16.9 Å². The molecule has 0 saturated carbocycles. The van der Waals surface area contributed by atoms with Crippen LogP contribution in [-0.4, -0.2) is 48.1 Å². The number of hydrogen-bond donors (Lipinski definition) is 0. The van der Waals surface area contributed by atoms with E-state index in [-0.39, 0.29) is 22.9 Å². The zero-order chi connectivity index (χ0) is 24.2. The van der Waals surface area contributed by atoms with Crippen LogP contribution in [0.4, 0.5) is 11.4 Å². The fourth-order valence-corrected chi connectivity index (χ4v) is 4.07. The van der Waals surface area contributed by atoms with Gasteiger partial charge in [0.15, 0.2) is 0 Å². The largest absolute Gasteiger partial charge is 0.497 e. The summed E-state index contributed by atoms with van der Waals surface area (Å²) in [5.41, 5.74) is 2.25. The number of ether oxygens (including phenoxy) is 2. The van der Waals surface area contributed by atoms with E-state index in [0.717, 1.165) is 11.3 Å². The molecule has 0 radical (unpaired) electrons. The van der Waals surface area contributed by atoms with Crippen molar-refractivity contribution in [2.75, 3.05) is 38.3 Å². The predicted molar refractivity (Wildman–Crippen MR) is 130 cm³/mol. The second kappa shape index (κ2) is 10.0. The molecule has 0 bridgehead atoms. The Hall–Kier alpha value is -3.72. The Kier molecular flexibility index (Phi) is 6.93. The van der Waals surface area contributed by atoms with E-state index in [1.54, 1.807) is 25.3 Å². The third kappa shape index (κ3) is 4.94. The van der Waals surface area contributed by atoms with Gasteiger partial charge in [-0.2, -0.15) is 9.78 Å². The van der Waals surface area contributed by atoms with Crippen molar-refractivity contribution >= 4 is 11.4 Å². The number of nitro groups is 1. The van der Waals surface area contributed by atoms with Gasteiger partial charge in [-0.15, -0.1) is 0 Å². The van der Waals surface area contributed by atoms with Crippen LogP contribution < -0.4 is 15.2 Å². The molecule has 2 aromatic carbocycles. The molecule has 0 aliphatic carbocycles. The molecule has 0 unspecified atom stereocenters. The summed E-state index contributed by atoms with van der Waals surface area (Å²) in [7, 11) is 1.58. The van der Waals surface area contributed by atoms with E-state index in [2.05, 4.69) is 10.00 Å². The molecule has 0 atom stereocenters. The first kappa shape index (κ1) is 23.4. The highest BCUT2D eigenvalue weighted by molar-refractivity contribution is 5.65. The van der Waals surface area contributed by atoms with E-state index in [4.69, 9.17) is 9.47 Å². The average Bonchev–Trinajstić information content (AvgIpc) is 2.85. The van der Waals surface area contributed by atoms with Crippen LogP contribution in [0.15, 0.2) is 53.3 Å². The molecule has 178 valence electrons. The van der Waals surface area contributed by atoms with E-state index in [1.165, 1.54) is 10.7 Å². The molecule has 9 heteroatoms. The van der Waals surface area contributed by atoms with Gasteiger partial charge < -0.3 is 14.4 Å². The molecule has 34 heavy (non-hydrogen) atoms. The van der Waals surface area contributed by atoms with Gasteiger partial charge in [0.05, 0.1) is 30.9 Å². The number of nitrogens with zero attached hydrogens (tertiary/aromatic N) is 4. The van der Waals surface area contributed by atoms with Gasteiger partial charge in [0.2, 0.25) is 0 Å². The molecule has 1 aliphatic heterocycles. The third-order valence-corrected chi connectivity index (χ3v) is 5.74. The van der Waals surface area contributed by atoms with Crippen LogP contribution in [0.2, 0.25) is 0 Å². The molecule has 0 N–H and O–H groups in total. The normalized spacial score (nSPS) is 13.8. The second-order valence-electron chi connectivity index (χ2n) is 8.63. The highest BCUT2D eigenvalue weighted by atomic mass is 16.6. The monoisotopic (exact) mass is 464 g/mol. The van der Waals surface area contributed by atoms with Gasteiger partial charge in [0.25, 0.3) is 11.2 Å². The van der Waals surface area contributed by atoms with E-state index in [0.29, 0.717) is 49.7 Å². The molecule has 1 aliphatic rings. The molecule has 1 fully saturated rings. The van der Waals surface area contributed by atoms with Gasteiger partial charge in [0.1, 0.15) is 11.4 Å². The second-order valence-corrected chi connectivity index (χ2v) is 8.63. The summed E-state index contributed by atoms with van der Waals surface area (Å²) in [6.07, 6.45) is 0.523. The minimum absolute atomic E-state index is 0.147. The Morgan fingerprint density at radius 2 is 1.91 bits per heavy atom. The van der Waals surface area contributed by atoms with Gasteiger partial charge in [-0.3, -0.25) is 14.9 Å². The molecule has 4 rings (SSSR count). The van der Waals surface area contributed by atoms with Crippen molar-refractivity contribution in [3.63, 3.8) is 0 Å². The first-order valence-corrected chi connectivity index (χ1v) is 11.3. The minimum atomic E-state index is -0.479. The molecule has 3 aromatic rings. The Morgan fingerprint density at radius 1 is 1.15 bits per heavy atom. The summed E-state index contributed by atoms with van der Waals surface area (Å²) < 4.78 is 11.9. The smallest absolute Gasteiger partial charge is 0.295 e. The van der Waals surface area contributed by atoms with Gasteiger partial charge in [-0.05, 0) is 42.7 Å². The maximum absolute atomic E-state index is 13.5. The number of morpholine rings is 1. The summed E-state index contributed by atoms with van der Waals surface area (Å²) in [5, 5.41) is 16.5. The molecular weight excluding hydrogens is 436 g/mol. The maximum Gasteiger partial charge on any atom is 0.295 e. The van der Waals surface area contributed by atoms with Gasteiger partial charge >= 0.3 is 0 Å². The predicted octanol–water partition coefficient (Wildman–Crippen LogP) is 3.85. The summed E-state index contributed by atoms with van der Waals surface area (Å²) in [6, 6.07) is 14.0. The zero-order valence-corrected chi connectivity index (χ0v) is 19.6. The lowest BCUT2D eigenvalue weighted by Crippen LogP contribution is -2.36. The topological polar surface area (TPSA) is 99.7 Å². The van der Waals surface area contributed by atoms with E-state index in [1.807, 2.05) is 38.1 Å². The van der Waals surface area contributed by atoms with Crippen molar-refractivity contribution in [3.05, 3.63) is 74.6 Å². The first-order chi connectivity index (χ1) is 16.4. The molecule has 9 nitrogen and oxygen atoms in total. The van der Waals surface area contributed by atoms with Gasteiger partial charge in [0, 0.05) is 36.0 Å². The van der Waals surface area contributed by atoms with E-state index >= 15 is 0 Å². The number of nitro benzene ring substituents is 1. The van der Waals surface area contributed by atoms with Crippen molar-refractivity contribution in [1.29, 1.82) is 0 Å². The standard InChI is InChI=1S/C25H28N4O5/c1-17(2)13-19-15-22(18-5-4-6-21(14-18)33-3)26-28(25(19)30)24-16-20(7-8-23(24)29(31)32)27-9-11-34-12-10-27/h4-8,14-17H,9-13H2,1-3H3. The quantitative estimate of drug-likeness (QED) is 0.387. The molecule has 2 heterocycles. The molecule has 0 amide bonds. The fraction of sp³-hybridized carbons (Fsp3) is 0.360. The number of hydrogen-bond acceptors (Lipinski definition) is 7. The highest BCUT2D eigenvalue weighted by Gasteiger charge is 2.23. The maximum atomic E-state index is 13.5. The van der Waals surface area contributed by atoms with Crippen LogP contribution in [0.1, 0.15) is 19.4 Å². The van der Waals surface area contributed by atoms with Crippen molar-refractivity contribution < 1.29 is 14.4 Å². The lowest BCUT2D eigenvalue weighted by atomic mass is 10.0. The molecular formula is C25H28N4O5. The third-order valence-electron chi connectivity index (χ3n) is 5.74. The number of rotatable bonds is 7. The van der Waals surface area contributed by atoms with Crippen LogP contribution in [0.3, 0.4) is 0 Å².